The minimum atomic E-state index is 0.154. The maximum absolute atomic E-state index is 12.8. The lowest BCUT2D eigenvalue weighted by Gasteiger charge is -2.27. The molecule has 4 rings (SSSR count). The second-order valence-corrected chi connectivity index (χ2v) is 7.17. The normalized spacial score (nSPS) is 33.3. The number of fused-ring (bicyclic) bond motifs is 2. The molecule has 1 amide bonds. The zero-order chi connectivity index (χ0) is 12.8. The lowest BCUT2D eigenvalue weighted by atomic mass is 9.87. The maximum Gasteiger partial charge on any atom is 0.230 e. The molecule has 3 unspecified atom stereocenters. The molecular weight excluding hydrogens is 256 g/mol. The van der Waals surface area contributed by atoms with Crippen molar-refractivity contribution in [2.45, 2.75) is 25.2 Å². The highest BCUT2D eigenvalue weighted by Crippen LogP contribution is 2.37. The molecule has 19 heavy (non-hydrogen) atoms. The zero-order valence-electron chi connectivity index (χ0n) is 11.1. The molecule has 3 atom stereocenters. The number of likely N-dealkylation sites (tertiary alicyclic amines) is 1. The monoisotopic (exact) mass is 276 g/mol. The van der Waals surface area contributed by atoms with Crippen molar-refractivity contribution in [1.82, 2.24) is 10.2 Å². The van der Waals surface area contributed by atoms with Crippen LogP contribution in [0.3, 0.4) is 0 Å². The topological polar surface area (TPSA) is 32.3 Å². The molecule has 3 nitrogen and oxygen atoms in total. The third kappa shape index (κ3) is 1.93. The first kappa shape index (κ1) is 11.9. The molecule has 1 aromatic heterocycles. The van der Waals surface area contributed by atoms with Crippen LogP contribution in [0.4, 0.5) is 0 Å². The molecule has 0 saturated carbocycles. The van der Waals surface area contributed by atoms with Gasteiger partial charge in [-0.15, -0.1) is 11.3 Å². The van der Waals surface area contributed by atoms with Gasteiger partial charge in [-0.2, -0.15) is 0 Å². The Labute approximate surface area is 118 Å². The number of amides is 1. The fraction of sp³-hybridized carbons (Fsp3) is 0.667. The number of aryl methyl sites for hydroxylation is 1. The Kier molecular flexibility index (Phi) is 2.88. The molecule has 2 saturated heterocycles. The van der Waals surface area contributed by atoms with Gasteiger partial charge < -0.3 is 10.2 Å². The van der Waals surface area contributed by atoms with Gasteiger partial charge in [0.2, 0.25) is 5.91 Å². The van der Waals surface area contributed by atoms with Gasteiger partial charge in [-0.1, -0.05) is 0 Å². The Balaban J connectivity index is 1.53. The van der Waals surface area contributed by atoms with Gasteiger partial charge in [0.15, 0.2) is 0 Å². The quantitative estimate of drug-likeness (QED) is 0.849. The Morgan fingerprint density at radius 1 is 1.32 bits per heavy atom. The maximum atomic E-state index is 12.8. The summed E-state index contributed by atoms with van der Waals surface area (Å²) < 4.78 is 0. The average Bonchev–Trinajstić information content (AvgIpc) is 3.11. The Bertz CT molecular complexity index is 486. The standard InChI is InChI=1S/C15H20N2OS/c18-15(17-8-10-6-16-7-11(10)9-17)13-2-1-3-14-12(13)4-5-19-14/h4-5,10-11,13,16H,1-3,6-9H2. The average molecular weight is 276 g/mol. The number of hydrogen-bond donors (Lipinski definition) is 1. The van der Waals surface area contributed by atoms with Crippen molar-refractivity contribution >= 4 is 17.2 Å². The van der Waals surface area contributed by atoms with Gasteiger partial charge in [0.1, 0.15) is 0 Å². The van der Waals surface area contributed by atoms with E-state index in [2.05, 4.69) is 21.7 Å². The first-order chi connectivity index (χ1) is 9.33. The largest absolute Gasteiger partial charge is 0.341 e. The first-order valence-corrected chi connectivity index (χ1v) is 8.26. The molecule has 1 aromatic rings. The summed E-state index contributed by atoms with van der Waals surface area (Å²) in [5.41, 5.74) is 1.33. The van der Waals surface area contributed by atoms with E-state index in [1.54, 1.807) is 0 Å². The summed E-state index contributed by atoms with van der Waals surface area (Å²) in [5, 5.41) is 5.59. The van der Waals surface area contributed by atoms with Crippen molar-refractivity contribution in [1.29, 1.82) is 0 Å². The zero-order valence-corrected chi connectivity index (χ0v) is 11.9. The number of hydrogen-bond acceptors (Lipinski definition) is 3. The van der Waals surface area contributed by atoms with Gasteiger partial charge in [-0.25, -0.2) is 0 Å². The van der Waals surface area contributed by atoms with E-state index >= 15 is 0 Å². The molecule has 1 N–H and O–H groups in total. The predicted molar refractivity (Wildman–Crippen MR) is 76.4 cm³/mol. The SMILES string of the molecule is O=C(C1CCCc2sccc21)N1CC2CNCC2C1. The van der Waals surface area contributed by atoms with Gasteiger partial charge in [0, 0.05) is 31.1 Å². The van der Waals surface area contributed by atoms with Crippen LogP contribution in [0.15, 0.2) is 11.4 Å². The van der Waals surface area contributed by atoms with E-state index in [-0.39, 0.29) is 5.92 Å². The van der Waals surface area contributed by atoms with Gasteiger partial charge >= 0.3 is 0 Å². The number of thiophene rings is 1. The Morgan fingerprint density at radius 2 is 2.11 bits per heavy atom. The molecule has 0 radical (unpaired) electrons. The highest BCUT2D eigenvalue weighted by molar-refractivity contribution is 7.10. The van der Waals surface area contributed by atoms with Gasteiger partial charge in [0.25, 0.3) is 0 Å². The number of carbonyl (C=O) groups excluding carboxylic acids is 1. The summed E-state index contributed by atoms with van der Waals surface area (Å²) >= 11 is 1.83. The minimum absolute atomic E-state index is 0.154. The van der Waals surface area contributed by atoms with E-state index < -0.39 is 0 Å². The van der Waals surface area contributed by atoms with Crippen LogP contribution in [0.25, 0.3) is 0 Å². The Morgan fingerprint density at radius 3 is 2.89 bits per heavy atom. The first-order valence-electron chi connectivity index (χ1n) is 7.38. The molecule has 1 aliphatic carbocycles. The van der Waals surface area contributed by atoms with Gasteiger partial charge in [-0.3, -0.25) is 4.79 Å². The summed E-state index contributed by atoms with van der Waals surface area (Å²) in [5.74, 6) is 1.96. The molecular formula is C15H20N2OS. The van der Waals surface area contributed by atoms with Crippen LogP contribution in [-0.2, 0) is 11.2 Å². The summed E-state index contributed by atoms with van der Waals surface area (Å²) in [6.07, 6.45) is 3.39. The smallest absolute Gasteiger partial charge is 0.230 e. The van der Waals surface area contributed by atoms with Crippen molar-refractivity contribution in [3.05, 3.63) is 21.9 Å². The fourth-order valence-corrected chi connectivity index (χ4v) is 4.99. The highest BCUT2D eigenvalue weighted by atomic mass is 32.1. The minimum Gasteiger partial charge on any atom is -0.341 e. The van der Waals surface area contributed by atoms with Crippen LogP contribution in [0.5, 0.6) is 0 Å². The van der Waals surface area contributed by atoms with Crippen molar-refractivity contribution < 1.29 is 4.79 Å². The predicted octanol–water partition coefficient (Wildman–Crippen LogP) is 1.85. The second kappa shape index (κ2) is 4.60. The van der Waals surface area contributed by atoms with Crippen molar-refractivity contribution in [3.63, 3.8) is 0 Å². The summed E-state index contributed by atoms with van der Waals surface area (Å²) in [6, 6.07) is 2.18. The number of rotatable bonds is 1. The van der Waals surface area contributed by atoms with E-state index in [1.165, 1.54) is 23.3 Å². The second-order valence-electron chi connectivity index (χ2n) is 6.17. The van der Waals surface area contributed by atoms with E-state index in [9.17, 15) is 4.79 Å². The summed E-state index contributed by atoms with van der Waals surface area (Å²) in [7, 11) is 0. The number of carbonyl (C=O) groups is 1. The van der Waals surface area contributed by atoms with Crippen molar-refractivity contribution in [2.24, 2.45) is 11.8 Å². The summed E-state index contributed by atoms with van der Waals surface area (Å²) in [4.78, 5) is 16.4. The van der Waals surface area contributed by atoms with E-state index in [0.29, 0.717) is 17.7 Å². The molecule has 2 fully saturated rings. The lowest BCUT2D eigenvalue weighted by molar-refractivity contribution is -0.132. The molecule has 3 aliphatic rings. The van der Waals surface area contributed by atoms with Crippen molar-refractivity contribution in [3.8, 4) is 0 Å². The molecule has 4 heteroatoms. The van der Waals surface area contributed by atoms with Crippen LogP contribution >= 0.6 is 11.3 Å². The van der Waals surface area contributed by atoms with E-state index in [1.807, 2.05) is 11.3 Å². The van der Waals surface area contributed by atoms with Crippen molar-refractivity contribution in [2.75, 3.05) is 26.2 Å². The summed E-state index contributed by atoms with van der Waals surface area (Å²) in [6.45, 7) is 4.16. The molecule has 0 bridgehead atoms. The third-order valence-electron chi connectivity index (χ3n) is 5.05. The van der Waals surface area contributed by atoms with Crippen LogP contribution in [0, 0.1) is 11.8 Å². The highest BCUT2D eigenvalue weighted by Gasteiger charge is 2.40. The molecule has 3 heterocycles. The van der Waals surface area contributed by atoms with Crippen LogP contribution in [0.2, 0.25) is 0 Å². The van der Waals surface area contributed by atoms with E-state index in [0.717, 1.165) is 32.6 Å². The van der Waals surface area contributed by atoms with Gasteiger partial charge in [-0.05, 0) is 48.1 Å². The number of nitrogens with one attached hydrogen (secondary N) is 1. The Hall–Kier alpha value is -0.870. The number of nitrogens with zero attached hydrogens (tertiary/aromatic N) is 1. The van der Waals surface area contributed by atoms with Crippen LogP contribution in [-0.4, -0.2) is 37.0 Å². The third-order valence-corrected chi connectivity index (χ3v) is 6.05. The van der Waals surface area contributed by atoms with Gasteiger partial charge in [0.05, 0.1) is 5.92 Å². The van der Waals surface area contributed by atoms with Crippen LogP contribution in [0.1, 0.15) is 29.2 Å². The lowest BCUT2D eigenvalue weighted by Crippen LogP contribution is -2.36. The molecule has 0 aromatic carbocycles. The molecule has 0 spiro atoms. The van der Waals surface area contributed by atoms with Crippen LogP contribution < -0.4 is 5.32 Å². The molecule has 102 valence electrons. The van der Waals surface area contributed by atoms with E-state index in [4.69, 9.17) is 0 Å². The molecule has 2 aliphatic heterocycles. The fourth-order valence-electron chi connectivity index (χ4n) is 4.00.